The fourth-order valence-electron chi connectivity index (χ4n) is 1.02. The van der Waals surface area contributed by atoms with Gasteiger partial charge in [0, 0.05) is 5.56 Å². The van der Waals surface area contributed by atoms with Crippen molar-refractivity contribution in [2.45, 2.75) is 13.0 Å². The molecule has 0 aromatic heterocycles. The van der Waals surface area contributed by atoms with Crippen molar-refractivity contribution < 1.29 is 9.90 Å². The Morgan fingerprint density at radius 2 is 2.07 bits per heavy atom. The topological polar surface area (TPSA) is 63.3 Å². The summed E-state index contributed by atoms with van der Waals surface area (Å²) in [5, 5.41) is 9.79. The van der Waals surface area contributed by atoms with Crippen LogP contribution in [-0.4, -0.2) is 10.9 Å². The predicted octanol–water partition coefficient (Wildman–Crippen LogP) is 2.29. The van der Waals surface area contributed by atoms with Crippen molar-refractivity contribution in [1.82, 2.24) is 0 Å². The van der Waals surface area contributed by atoms with Crippen molar-refractivity contribution in [3.63, 3.8) is 0 Å². The molecule has 0 bridgehead atoms. The molecule has 1 rings (SSSR count). The number of ketones is 1. The summed E-state index contributed by atoms with van der Waals surface area (Å²) in [5.41, 5.74) is 5.83. The maximum atomic E-state index is 11.0. The minimum absolute atomic E-state index is 0.0147. The fraction of sp³-hybridized carbons (Fsp3) is 0.222. The van der Waals surface area contributed by atoms with Gasteiger partial charge in [-0.25, -0.2) is 0 Å². The smallest absolute Gasteiger partial charge is 0.151 e. The van der Waals surface area contributed by atoms with Crippen molar-refractivity contribution >= 4 is 29.0 Å². The number of hydrogen-bond donors (Lipinski definition) is 2. The Morgan fingerprint density at radius 3 is 2.57 bits per heavy atom. The Morgan fingerprint density at radius 1 is 1.50 bits per heavy atom. The van der Waals surface area contributed by atoms with Gasteiger partial charge < -0.3 is 10.8 Å². The first-order chi connectivity index (χ1) is 6.45. The molecule has 76 valence electrons. The Hall–Kier alpha value is -0.770. The molecule has 0 aliphatic carbocycles. The number of hydrogen-bond acceptors (Lipinski definition) is 3. The number of aromatic hydroxyl groups is 1. The molecule has 5 heteroatoms. The number of carbonyl (C=O) groups is 1. The van der Waals surface area contributed by atoms with Gasteiger partial charge in [0.2, 0.25) is 0 Å². The molecule has 0 radical (unpaired) electrons. The monoisotopic (exact) mass is 233 g/mol. The lowest BCUT2D eigenvalue weighted by Gasteiger charge is -2.11. The number of rotatable bonds is 2. The highest BCUT2D eigenvalue weighted by Crippen LogP contribution is 2.36. The van der Waals surface area contributed by atoms with E-state index >= 15 is 0 Å². The molecule has 1 aromatic carbocycles. The van der Waals surface area contributed by atoms with Gasteiger partial charge in [0.1, 0.15) is 10.8 Å². The van der Waals surface area contributed by atoms with Crippen LogP contribution in [0.4, 0.5) is 0 Å². The zero-order chi connectivity index (χ0) is 10.9. The number of carbonyl (C=O) groups excluding carboxylic acids is 1. The molecule has 0 heterocycles. The van der Waals surface area contributed by atoms with Gasteiger partial charge >= 0.3 is 0 Å². The lowest BCUT2D eigenvalue weighted by atomic mass is 10.0. The van der Waals surface area contributed by atoms with E-state index in [0.29, 0.717) is 0 Å². The summed E-state index contributed by atoms with van der Waals surface area (Å²) in [6.45, 7) is 1.34. The average Bonchev–Trinajstić information content (AvgIpc) is 2.13. The standard InChI is InChI=1S/C9H9Cl2NO2/c1-4(13)8(12)5-2-3-6(10)7(11)9(5)14/h2-3,8,14H,12H2,1H3. The second-order valence-corrected chi connectivity index (χ2v) is 3.67. The summed E-state index contributed by atoms with van der Waals surface area (Å²) < 4.78 is 0. The van der Waals surface area contributed by atoms with Gasteiger partial charge in [-0.05, 0) is 13.0 Å². The minimum atomic E-state index is -0.871. The first kappa shape index (κ1) is 11.3. The number of nitrogens with two attached hydrogens (primary N) is 1. The van der Waals surface area contributed by atoms with Crippen LogP contribution in [0.5, 0.6) is 5.75 Å². The van der Waals surface area contributed by atoms with Crippen LogP contribution < -0.4 is 5.73 Å². The molecular weight excluding hydrogens is 225 g/mol. The highest BCUT2D eigenvalue weighted by atomic mass is 35.5. The summed E-state index contributed by atoms with van der Waals surface area (Å²) >= 11 is 11.3. The first-order valence-electron chi connectivity index (χ1n) is 3.88. The van der Waals surface area contributed by atoms with E-state index < -0.39 is 6.04 Å². The summed E-state index contributed by atoms with van der Waals surface area (Å²) in [6.07, 6.45) is 0. The van der Waals surface area contributed by atoms with Crippen LogP contribution in [0.15, 0.2) is 12.1 Å². The first-order valence-corrected chi connectivity index (χ1v) is 4.63. The third-order valence-electron chi connectivity index (χ3n) is 1.87. The normalized spacial score (nSPS) is 12.6. The lowest BCUT2D eigenvalue weighted by molar-refractivity contribution is -0.118. The third-order valence-corrected chi connectivity index (χ3v) is 2.67. The van der Waals surface area contributed by atoms with Gasteiger partial charge in [-0.2, -0.15) is 0 Å². The van der Waals surface area contributed by atoms with Crippen LogP contribution in [0.1, 0.15) is 18.5 Å². The molecule has 0 spiro atoms. The number of benzene rings is 1. The second-order valence-electron chi connectivity index (χ2n) is 2.89. The van der Waals surface area contributed by atoms with Gasteiger partial charge in [-0.1, -0.05) is 29.3 Å². The van der Waals surface area contributed by atoms with Crippen LogP contribution >= 0.6 is 23.2 Å². The maximum absolute atomic E-state index is 11.0. The van der Waals surface area contributed by atoms with Crippen LogP contribution in [0.3, 0.4) is 0 Å². The Balaban J connectivity index is 3.24. The number of Topliss-reactive ketones (excluding diaryl/α,β-unsaturated/α-hetero) is 1. The summed E-state index contributed by atoms with van der Waals surface area (Å²) in [6, 6.07) is 2.10. The van der Waals surface area contributed by atoms with Gasteiger partial charge in [0.15, 0.2) is 5.78 Å². The SMILES string of the molecule is CC(=O)C(N)c1ccc(Cl)c(Cl)c1O. The van der Waals surface area contributed by atoms with E-state index in [1.165, 1.54) is 19.1 Å². The van der Waals surface area contributed by atoms with E-state index in [-0.39, 0.29) is 27.1 Å². The molecule has 0 fully saturated rings. The van der Waals surface area contributed by atoms with Crippen LogP contribution in [0.25, 0.3) is 0 Å². The zero-order valence-corrected chi connectivity index (χ0v) is 8.93. The highest BCUT2D eigenvalue weighted by molar-refractivity contribution is 6.43. The van der Waals surface area contributed by atoms with Gasteiger partial charge in [0.05, 0.1) is 11.1 Å². The number of phenolic OH excluding ortho intramolecular Hbond substituents is 1. The van der Waals surface area contributed by atoms with E-state index in [9.17, 15) is 9.90 Å². The number of phenols is 1. The van der Waals surface area contributed by atoms with E-state index in [1.54, 1.807) is 0 Å². The predicted molar refractivity (Wildman–Crippen MR) is 55.7 cm³/mol. The lowest BCUT2D eigenvalue weighted by Crippen LogP contribution is -2.18. The summed E-state index contributed by atoms with van der Waals surface area (Å²) in [4.78, 5) is 11.0. The Bertz CT molecular complexity index is 379. The molecule has 0 aliphatic rings. The highest BCUT2D eigenvalue weighted by Gasteiger charge is 2.18. The Labute approximate surface area is 91.4 Å². The molecule has 0 saturated carbocycles. The second kappa shape index (κ2) is 4.17. The quantitative estimate of drug-likeness (QED) is 0.825. The summed E-state index contributed by atoms with van der Waals surface area (Å²) in [7, 11) is 0. The average molecular weight is 234 g/mol. The molecule has 3 nitrogen and oxygen atoms in total. The van der Waals surface area contributed by atoms with Crippen LogP contribution in [0, 0.1) is 0 Å². The molecule has 1 unspecified atom stereocenters. The zero-order valence-electron chi connectivity index (χ0n) is 7.42. The molecule has 1 atom stereocenters. The van der Waals surface area contributed by atoms with Crippen molar-refractivity contribution in [3.05, 3.63) is 27.7 Å². The maximum Gasteiger partial charge on any atom is 0.151 e. The van der Waals surface area contributed by atoms with Crippen LogP contribution in [0.2, 0.25) is 10.0 Å². The fourth-order valence-corrected chi connectivity index (χ4v) is 1.35. The van der Waals surface area contributed by atoms with Crippen molar-refractivity contribution in [2.75, 3.05) is 0 Å². The molecule has 0 amide bonds. The molecule has 0 saturated heterocycles. The summed E-state index contributed by atoms with van der Waals surface area (Å²) in [5.74, 6) is -0.486. The van der Waals surface area contributed by atoms with E-state index in [0.717, 1.165) is 0 Å². The minimum Gasteiger partial charge on any atom is -0.506 e. The van der Waals surface area contributed by atoms with Crippen molar-refractivity contribution in [2.24, 2.45) is 5.73 Å². The number of halogens is 2. The largest absolute Gasteiger partial charge is 0.506 e. The molecule has 1 aromatic rings. The van der Waals surface area contributed by atoms with Crippen LogP contribution in [-0.2, 0) is 4.79 Å². The van der Waals surface area contributed by atoms with E-state index in [4.69, 9.17) is 28.9 Å². The molecular formula is C9H9Cl2NO2. The molecule has 14 heavy (non-hydrogen) atoms. The van der Waals surface area contributed by atoms with Gasteiger partial charge in [0.25, 0.3) is 0 Å². The molecule has 3 N–H and O–H groups in total. The van der Waals surface area contributed by atoms with E-state index in [2.05, 4.69) is 0 Å². The van der Waals surface area contributed by atoms with Gasteiger partial charge in [-0.15, -0.1) is 0 Å². The Kier molecular flexibility index (Phi) is 3.37. The van der Waals surface area contributed by atoms with Crippen molar-refractivity contribution in [3.8, 4) is 5.75 Å². The third kappa shape index (κ3) is 2.00. The van der Waals surface area contributed by atoms with Crippen molar-refractivity contribution in [1.29, 1.82) is 0 Å². The van der Waals surface area contributed by atoms with Gasteiger partial charge in [-0.3, -0.25) is 4.79 Å². The van der Waals surface area contributed by atoms with E-state index in [1.807, 2.05) is 0 Å². The molecule has 0 aliphatic heterocycles.